The highest BCUT2D eigenvalue weighted by Crippen LogP contribution is 2.27. The number of benzene rings is 2. The minimum absolute atomic E-state index is 0.153. The molecular formula is C46H41ClN8O6. The number of esters is 1. The molecule has 308 valence electrons. The van der Waals surface area contributed by atoms with Crippen molar-refractivity contribution in [2.75, 3.05) is 34.3 Å². The van der Waals surface area contributed by atoms with E-state index < -0.39 is 23.1 Å². The van der Waals surface area contributed by atoms with Gasteiger partial charge in [-0.3, -0.25) is 9.59 Å². The van der Waals surface area contributed by atoms with E-state index in [-0.39, 0.29) is 18.0 Å². The fourth-order valence-corrected chi connectivity index (χ4v) is 7.03. The minimum Gasteiger partial charge on any atom is -0.464 e. The molecule has 2 fully saturated rings. The Bertz CT molecular complexity index is 2810. The van der Waals surface area contributed by atoms with Gasteiger partial charge in [0.15, 0.2) is 5.69 Å². The van der Waals surface area contributed by atoms with Crippen molar-refractivity contribution in [1.29, 1.82) is 0 Å². The van der Waals surface area contributed by atoms with Gasteiger partial charge >= 0.3 is 5.97 Å². The Morgan fingerprint density at radius 3 is 1.61 bits per heavy atom. The molecule has 2 aliphatic rings. The highest BCUT2D eigenvalue weighted by Gasteiger charge is 2.43. The van der Waals surface area contributed by atoms with Crippen molar-refractivity contribution in [3.63, 3.8) is 0 Å². The molecule has 2 atom stereocenters. The van der Waals surface area contributed by atoms with E-state index in [1.165, 1.54) is 16.9 Å². The second-order valence-corrected chi connectivity index (χ2v) is 15.1. The van der Waals surface area contributed by atoms with Gasteiger partial charge in [0.1, 0.15) is 5.15 Å². The summed E-state index contributed by atoms with van der Waals surface area (Å²) in [6.45, 7) is 4.83. The summed E-state index contributed by atoms with van der Waals surface area (Å²) in [5, 5.41) is 30.0. The molecule has 2 saturated heterocycles. The fraction of sp³-hybridized carbons (Fsp3) is 0.239. The number of rotatable bonds is 5. The molecule has 0 spiro atoms. The molecule has 14 nitrogen and oxygen atoms in total. The van der Waals surface area contributed by atoms with Crippen LogP contribution in [0.25, 0.3) is 33.9 Å². The zero-order valence-corrected chi connectivity index (χ0v) is 34.8. The molecule has 0 saturated carbocycles. The monoisotopic (exact) mass is 836 g/mol. The molecule has 15 heteroatoms. The maximum atomic E-state index is 12.2. The van der Waals surface area contributed by atoms with Crippen LogP contribution in [0, 0.1) is 37.5 Å². The molecule has 0 aliphatic carbocycles. The summed E-state index contributed by atoms with van der Waals surface area (Å²) < 4.78 is 8.36. The maximum absolute atomic E-state index is 12.2. The maximum Gasteiger partial charge on any atom is 0.356 e. The number of likely N-dealkylation sites (tertiary alicyclic amines) is 2. The van der Waals surface area contributed by atoms with Gasteiger partial charge in [-0.05, 0) is 68.4 Å². The van der Waals surface area contributed by atoms with Gasteiger partial charge in [-0.2, -0.15) is 10.2 Å². The van der Waals surface area contributed by atoms with Crippen LogP contribution < -0.4 is 0 Å². The third kappa shape index (κ3) is 9.07. The smallest absolute Gasteiger partial charge is 0.356 e. The number of halogens is 1. The average Bonchev–Trinajstić information content (AvgIpc) is 4.03. The van der Waals surface area contributed by atoms with Crippen molar-refractivity contribution < 1.29 is 29.3 Å². The predicted molar refractivity (Wildman–Crippen MR) is 228 cm³/mol. The number of aryl methyl sites for hydroxylation is 2. The van der Waals surface area contributed by atoms with Crippen LogP contribution in [0.15, 0.2) is 97.3 Å². The van der Waals surface area contributed by atoms with Crippen LogP contribution in [0.2, 0.25) is 5.15 Å². The zero-order chi connectivity index (χ0) is 43.5. The van der Waals surface area contributed by atoms with E-state index in [0.717, 1.165) is 28.2 Å². The van der Waals surface area contributed by atoms with Crippen LogP contribution in [0.4, 0.5) is 0 Å². The molecule has 6 heterocycles. The Hall–Kier alpha value is -7.10. The number of methoxy groups -OCH3 is 1. The first-order valence-electron chi connectivity index (χ1n) is 19.2. The summed E-state index contributed by atoms with van der Waals surface area (Å²) >= 11 is 6.25. The Kier molecular flexibility index (Phi) is 11.9. The summed E-state index contributed by atoms with van der Waals surface area (Å²) in [4.78, 5) is 48.3. The van der Waals surface area contributed by atoms with E-state index in [0.29, 0.717) is 52.9 Å². The van der Waals surface area contributed by atoms with Gasteiger partial charge < -0.3 is 24.7 Å². The van der Waals surface area contributed by atoms with Gasteiger partial charge in [-0.15, -0.1) is 0 Å². The largest absolute Gasteiger partial charge is 0.464 e. The summed E-state index contributed by atoms with van der Waals surface area (Å²) in [6, 6.07) is 25.6. The molecule has 61 heavy (non-hydrogen) atoms. The Labute approximate surface area is 357 Å². The van der Waals surface area contributed by atoms with E-state index in [9.17, 15) is 24.6 Å². The molecule has 6 aromatic rings. The standard InChI is InChI=1S/C24H22N4O4.C22H19ClN4O2/c1-16-8-11-25-28(16)19-14-20(26-21(15-19)22(29)32-3)18-6-4-5-17(13-18)7-9-24(31)10-12-27(2)23(24)30;1-15-7-10-24-27(15)18-13-19(25-20(23)14-18)17-5-3-4-16(12-17)6-8-22(29)9-11-26(2)21(22)28/h4-6,8,11,13-15,31H,10,12H2,1-3H3;3-5,7,10,12-14,29H,9,11H2,1-2H3/t24-;22-/m00/s1. The Morgan fingerprint density at radius 1 is 0.705 bits per heavy atom. The van der Waals surface area contributed by atoms with Crippen LogP contribution >= 0.6 is 11.6 Å². The van der Waals surface area contributed by atoms with Crippen LogP contribution in [0.3, 0.4) is 0 Å². The van der Waals surface area contributed by atoms with Gasteiger partial charge in [-0.25, -0.2) is 24.1 Å². The number of nitrogens with zero attached hydrogens (tertiary/aromatic N) is 8. The van der Waals surface area contributed by atoms with Crippen LogP contribution in [-0.4, -0.2) is 113 Å². The lowest BCUT2D eigenvalue weighted by Gasteiger charge is -2.13. The number of aliphatic hydroxyl groups is 2. The Morgan fingerprint density at radius 2 is 1.18 bits per heavy atom. The van der Waals surface area contributed by atoms with Crippen LogP contribution in [0.1, 0.15) is 45.8 Å². The van der Waals surface area contributed by atoms with E-state index in [1.807, 2.05) is 68.4 Å². The van der Waals surface area contributed by atoms with E-state index in [4.69, 9.17) is 16.3 Å². The number of amides is 2. The van der Waals surface area contributed by atoms with Crippen LogP contribution in [-0.2, 0) is 14.3 Å². The number of carbonyl (C=O) groups is 3. The number of hydrogen-bond acceptors (Lipinski definition) is 10. The van der Waals surface area contributed by atoms with Gasteiger partial charge in [0, 0.05) is 92.1 Å². The third-order valence-electron chi connectivity index (χ3n) is 10.3. The summed E-state index contributed by atoms with van der Waals surface area (Å²) in [7, 11) is 4.60. The first kappa shape index (κ1) is 42.0. The number of aromatic nitrogens is 6. The SMILES string of the molecule is COC(=O)c1cc(-n2nccc2C)cc(-c2cccc(C#C[C@]3(O)CCN(C)C3=O)c2)n1.Cc1ccnn1-c1cc(Cl)nc(-c2cccc(C#C[C@]3(O)CCN(C)C3=O)c2)c1. The molecule has 8 rings (SSSR count). The Balaban J connectivity index is 0.000000185. The molecule has 0 bridgehead atoms. The number of pyridine rings is 2. The van der Waals surface area contributed by atoms with Crippen molar-refractivity contribution in [3.05, 3.63) is 131 Å². The van der Waals surface area contributed by atoms with Gasteiger partial charge in [-0.1, -0.05) is 59.5 Å². The normalized spacial score (nSPS) is 18.2. The van der Waals surface area contributed by atoms with E-state index in [1.54, 1.807) is 66.2 Å². The summed E-state index contributed by atoms with van der Waals surface area (Å²) in [6.07, 6.45) is 3.98. The number of carbonyl (C=O) groups excluding carboxylic acids is 3. The zero-order valence-electron chi connectivity index (χ0n) is 34.0. The van der Waals surface area contributed by atoms with Gasteiger partial charge in [0.25, 0.3) is 11.8 Å². The van der Waals surface area contributed by atoms with Crippen molar-refractivity contribution in [2.45, 2.75) is 37.9 Å². The fourth-order valence-electron chi connectivity index (χ4n) is 6.83. The van der Waals surface area contributed by atoms with Crippen molar-refractivity contribution in [1.82, 2.24) is 39.3 Å². The lowest BCUT2D eigenvalue weighted by molar-refractivity contribution is -0.138. The van der Waals surface area contributed by atoms with Gasteiger partial charge in [0.05, 0.1) is 29.9 Å². The first-order chi connectivity index (χ1) is 29.2. The first-order valence-corrected chi connectivity index (χ1v) is 19.6. The minimum atomic E-state index is -1.67. The number of hydrogen-bond donors (Lipinski definition) is 2. The predicted octanol–water partition coefficient (Wildman–Crippen LogP) is 4.81. The molecule has 2 aromatic carbocycles. The summed E-state index contributed by atoms with van der Waals surface area (Å²) in [5.74, 6) is 9.98. The topological polar surface area (TPSA) is 169 Å². The average molecular weight is 837 g/mol. The van der Waals surface area contributed by atoms with Crippen molar-refractivity contribution in [2.24, 2.45) is 0 Å². The highest BCUT2D eigenvalue weighted by molar-refractivity contribution is 6.29. The second-order valence-electron chi connectivity index (χ2n) is 14.7. The van der Waals surface area contributed by atoms with Crippen molar-refractivity contribution >= 4 is 29.4 Å². The lowest BCUT2D eigenvalue weighted by Crippen LogP contribution is -2.37. The molecule has 4 aromatic heterocycles. The van der Waals surface area contributed by atoms with E-state index >= 15 is 0 Å². The highest BCUT2D eigenvalue weighted by atomic mass is 35.5. The molecule has 2 N–H and O–H groups in total. The van der Waals surface area contributed by atoms with Crippen molar-refractivity contribution in [3.8, 4) is 57.6 Å². The molecule has 2 aliphatic heterocycles. The van der Waals surface area contributed by atoms with Crippen LogP contribution in [0.5, 0.6) is 0 Å². The molecule has 0 unspecified atom stereocenters. The second kappa shape index (κ2) is 17.2. The molecule has 0 radical (unpaired) electrons. The van der Waals surface area contributed by atoms with Gasteiger partial charge in [0.2, 0.25) is 11.2 Å². The summed E-state index contributed by atoms with van der Waals surface area (Å²) in [5.41, 5.74) is 4.28. The molecule has 2 amide bonds. The van der Waals surface area contributed by atoms with E-state index in [2.05, 4.69) is 43.8 Å². The number of ether oxygens (including phenoxy) is 1. The molecular weight excluding hydrogens is 796 g/mol. The number of likely N-dealkylation sites (N-methyl/N-ethyl adjacent to an activating group) is 2. The third-order valence-corrected chi connectivity index (χ3v) is 10.5. The quantitative estimate of drug-likeness (QED) is 0.140. The lowest BCUT2D eigenvalue weighted by atomic mass is 10.0.